The van der Waals surface area contributed by atoms with Crippen molar-refractivity contribution in [2.75, 3.05) is 7.05 Å². The van der Waals surface area contributed by atoms with Crippen LogP contribution in [0.15, 0.2) is 17.9 Å². The normalized spacial score (nSPS) is 11.9. The zero-order chi connectivity index (χ0) is 17.4. The SMILES string of the molecule is CNC(=O)CCCCC[C@H](NC(=O)c1cncs1)c1ncc(I)[nH]1. The number of H-pyrrole nitrogens is 1. The van der Waals surface area contributed by atoms with Gasteiger partial charge in [-0.05, 0) is 35.4 Å². The number of aromatic amines is 1. The van der Waals surface area contributed by atoms with E-state index in [4.69, 9.17) is 0 Å². The summed E-state index contributed by atoms with van der Waals surface area (Å²) < 4.78 is 0.930. The molecule has 0 aliphatic rings. The van der Waals surface area contributed by atoms with Crippen LogP contribution in [0.25, 0.3) is 0 Å². The molecule has 7 nitrogen and oxygen atoms in total. The van der Waals surface area contributed by atoms with E-state index in [0.29, 0.717) is 11.3 Å². The van der Waals surface area contributed by atoms with Crippen LogP contribution in [0.1, 0.15) is 53.6 Å². The van der Waals surface area contributed by atoms with Crippen LogP contribution >= 0.6 is 33.9 Å². The highest BCUT2D eigenvalue weighted by Crippen LogP contribution is 2.20. The third-order valence-electron chi connectivity index (χ3n) is 3.53. The molecule has 24 heavy (non-hydrogen) atoms. The summed E-state index contributed by atoms with van der Waals surface area (Å²) in [5, 5.41) is 5.63. The summed E-state index contributed by atoms with van der Waals surface area (Å²) in [6, 6.07) is -0.178. The smallest absolute Gasteiger partial charge is 0.263 e. The second-order valence-corrected chi connectivity index (χ2v) is 7.33. The van der Waals surface area contributed by atoms with E-state index in [2.05, 4.69) is 48.2 Å². The molecule has 2 rings (SSSR count). The van der Waals surface area contributed by atoms with Crippen molar-refractivity contribution in [3.8, 4) is 0 Å². The maximum atomic E-state index is 12.3. The van der Waals surface area contributed by atoms with Gasteiger partial charge in [0.25, 0.3) is 5.91 Å². The molecule has 2 aromatic rings. The van der Waals surface area contributed by atoms with Gasteiger partial charge in [-0.25, -0.2) is 4.98 Å². The quantitative estimate of drug-likeness (QED) is 0.395. The van der Waals surface area contributed by atoms with Crippen LogP contribution in [-0.2, 0) is 4.79 Å². The van der Waals surface area contributed by atoms with Crippen molar-refractivity contribution in [3.63, 3.8) is 0 Å². The summed E-state index contributed by atoms with van der Waals surface area (Å²) in [6.07, 6.45) is 7.28. The first-order valence-electron chi connectivity index (χ1n) is 7.70. The number of amides is 2. The molecule has 2 aromatic heterocycles. The van der Waals surface area contributed by atoms with Gasteiger partial charge in [0.2, 0.25) is 5.91 Å². The standard InChI is InChI=1S/C15H20IN5O2S/c1-17-13(22)6-4-2-3-5-10(14-19-8-12(16)21-14)20-15(23)11-7-18-9-24-11/h7-10H,2-6H2,1H3,(H,17,22)(H,19,21)(H,20,23)/t10-/m0/s1. The summed E-state index contributed by atoms with van der Waals surface area (Å²) in [6.45, 7) is 0. The van der Waals surface area contributed by atoms with Crippen molar-refractivity contribution in [2.24, 2.45) is 0 Å². The van der Waals surface area contributed by atoms with Crippen LogP contribution in [0.3, 0.4) is 0 Å². The lowest BCUT2D eigenvalue weighted by molar-refractivity contribution is -0.120. The van der Waals surface area contributed by atoms with E-state index in [-0.39, 0.29) is 17.9 Å². The molecule has 0 aliphatic carbocycles. The molecule has 130 valence electrons. The van der Waals surface area contributed by atoms with Gasteiger partial charge in [-0.15, -0.1) is 11.3 Å². The molecule has 0 radical (unpaired) electrons. The van der Waals surface area contributed by atoms with E-state index in [1.54, 1.807) is 25.0 Å². The zero-order valence-electron chi connectivity index (χ0n) is 13.3. The molecule has 0 spiro atoms. The topological polar surface area (TPSA) is 99.8 Å². The predicted octanol–water partition coefficient (Wildman–Crippen LogP) is 2.64. The Balaban J connectivity index is 1.89. The fourth-order valence-corrected chi connectivity index (χ4v) is 3.20. The lowest BCUT2D eigenvalue weighted by Gasteiger charge is -2.16. The highest BCUT2D eigenvalue weighted by molar-refractivity contribution is 14.1. The number of carbonyl (C=O) groups is 2. The fraction of sp³-hybridized carbons (Fsp3) is 0.467. The number of hydrogen-bond donors (Lipinski definition) is 3. The van der Waals surface area contributed by atoms with Crippen molar-refractivity contribution in [1.29, 1.82) is 0 Å². The highest BCUT2D eigenvalue weighted by atomic mass is 127. The van der Waals surface area contributed by atoms with Crippen LogP contribution in [0.2, 0.25) is 0 Å². The van der Waals surface area contributed by atoms with E-state index in [0.717, 1.165) is 35.2 Å². The van der Waals surface area contributed by atoms with Crippen LogP contribution in [0.5, 0.6) is 0 Å². The number of halogens is 1. The molecule has 1 atom stereocenters. The van der Waals surface area contributed by atoms with E-state index < -0.39 is 0 Å². The number of carbonyl (C=O) groups excluding carboxylic acids is 2. The van der Waals surface area contributed by atoms with E-state index in [9.17, 15) is 9.59 Å². The minimum Gasteiger partial charge on any atom is -0.359 e. The Bertz CT molecular complexity index is 659. The molecule has 0 saturated carbocycles. The minimum absolute atomic E-state index is 0.0608. The van der Waals surface area contributed by atoms with Gasteiger partial charge in [0.1, 0.15) is 10.7 Å². The van der Waals surface area contributed by atoms with Gasteiger partial charge in [-0.1, -0.05) is 12.8 Å². The lowest BCUT2D eigenvalue weighted by atomic mass is 10.1. The third kappa shape index (κ3) is 5.86. The first kappa shape index (κ1) is 18.8. The van der Waals surface area contributed by atoms with Crippen LogP contribution in [0.4, 0.5) is 0 Å². The van der Waals surface area contributed by atoms with Crippen molar-refractivity contribution < 1.29 is 9.59 Å². The highest BCUT2D eigenvalue weighted by Gasteiger charge is 2.19. The van der Waals surface area contributed by atoms with Gasteiger partial charge >= 0.3 is 0 Å². The first-order chi connectivity index (χ1) is 11.6. The number of rotatable bonds is 9. The monoisotopic (exact) mass is 461 g/mol. The number of unbranched alkanes of at least 4 members (excludes halogenated alkanes) is 2. The molecular formula is C15H20IN5O2S. The van der Waals surface area contributed by atoms with Crippen molar-refractivity contribution in [1.82, 2.24) is 25.6 Å². The van der Waals surface area contributed by atoms with E-state index in [1.165, 1.54) is 11.3 Å². The fourth-order valence-electron chi connectivity index (χ4n) is 2.26. The summed E-state index contributed by atoms with van der Waals surface area (Å²) in [5.41, 5.74) is 1.64. The molecule has 2 amide bonds. The zero-order valence-corrected chi connectivity index (χ0v) is 16.3. The van der Waals surface area contributed by atoms with Crippen LogP contribution < -0.4 is 10.6 Å². The molecule has 9 heteroatoms. The number of imidazole rings is 1. The number of nitrogens with one attached hydrogen (secondary N) is 3. The maximum absolute atomic E-state index is 12.3. The summed E-state index contributed by atoms with van der Waals surface area (Å²) >= 11 is 3.47. The van der Waals surface area contributed by atoms with Gasteiger partial charge in [0.05, 0.1) is 27.6 Å². The average molecular weight is 461 g/mol. The summed E-state index contributed by atoms with van der Waals surface area (Å²) in [4.78, 5) is 35.5. The van der Waals surface area contributed by atoms with Crippen LogP contribution in [0, 0.1) is 3.70 Å². The van der Waals surface area contributed by atoms with Gasteiger partial charge in [-0.2, -0.15) is 0 Å². The Labute approximate surface area is 158 Å². The lowest BCUT2D eigenvalue weighted by Crippen LogP contribution is -2.28. The number of nitrogens with zero attached hydrogens (tertiary/aromatic N) is 2. The van der Waals surface area contributed by atoms with Crippen molar-refractivity contribution >= 4 is 45.7 Å². The van der Waals surface area contributed by atoms with Crippen molar-refractivity contribution in [2.45, 2.75) is 38.1 Å². The van der Waals surface area contributed by atoms with E-state index in [1.807, 2.05) is 0 Å². The Hall–Kier alpha value is -1.49. The molecule has 2 heterocycles. The predicted molar refractivity (Wildman–Crippen MR) is 101 cm³/mol. The molecule has 0 saturated heterocycles. The first-order valence-corrected chi connectivity index (χ1v) is 9.66. The van der Waals surface area contributed by atoms with Crippen LogP contribution in [-0.4, -0.2) is 33.8 Å². The van der Waals surface area contributed by atoms with E-state index >= 15 is 0 Å². The van der Waals surface area contributed by atoms with Gasteiger partial charge in [0, 0.05) is 13.5 Å². The average Bonchev–Trinajstić information content (AvgIpc) is 3.24. The molecule has 0 fully saturated rings. The Morgan fingerprint density at radius 3 is 2.79 bits per heavy atom. The summed E-state index contributed by atoms with van der Waals surface area (Å²) in [5.74, 6) is 0.675. The molecular weight excluding hydrogens is 441 g/mol. The Morgan fingerprint density at radius 2 is 2.17 bits per heavy atom. The number of hydrogen-bond acceptors (Lipinski definition) is 5. The summed E-state index contributed by atoms with van der Waals surface area (Å²) in [7, 11) is 1.64. The number of aromatic nitrogens is 3. The minimum atomic E-state index is -0.178. The number of thiazole rings is 1. The molecule has 0 bridgehead atoms. The second-order valence-electron chi connectivity index (χ2n) is 5.28. The maximum Gasteiger partial charge on any atom is 0.263 e. The molecule has 3 N–H and O–H groups in total. The van der Waals surface area contributed by atoms with Gasteiger partial charge in [-0.3, -0.25) is 14.6 Å². The molecule has 0 aromatic carbocycles. The largest absolute Gasteiger partial charge is 0.359 e. The Kier molecular flexibility index (Phi) is 7.63. The Morgan fingerprint density at radius 1 is 1.33 bits per heavy atom. The second kappa shape index (κ2) is 9.72. The molecule has 0 aliphatic heterocycles. The molecule has 0 unspecified atom stereocenters. The van der Waals surface area contributed by atoms with Gasteiger partial charge < -0.3 is 15.6 Å². The van der Waals surface area contributed by atoms with Crippen molar-refractivity contribution in [3.05, 3.63) is 32.3 Å². The third-order valence-corrected chi connectivity index (χ3v) is 4.85. The van der Waals surface area contributed by atoms with Gasteiger partial charge in [0.15, 0.2) is 0 Å².